The van der Waals surface area contributed by atoms with Crippen molar-refractivity contribution in [1.82, 2.24) is 0 Å². The third-order valence-corrected chi connectivity index (χ3v) is 3.06. The predicted molar refractivity (Wildman–Crippen MR) is 78.5 cm³/mol. The number of hydrogen-bond donors (Lipinski definition) is 1. The van der Waals surface area contributed by atoms with E-state index in [-0.39, 0.29) is 5.56 Å². The maximum Gasteiger partial charge on any atom is 0.335 e. The van der Waals surface area contributed by atoms with Crippen LogP contribution in [0.1, 0.15) is 35.7 Å². The summed E-state index contributed by atoms with van der Waals surface area (Å²) in [7, 11) is 0. The van der Waals surface area contributed by atoms with Crippen LogP contribution in [0.15, 0.2) is 48.5 Å². The lowest BCUT2D eigenvalue weighted by Crippen LogP contribution is -1.96. The molecule has 104 valence electrons. The van der Waals surface area contributed by atoms with Gasteiger partial charge >= 0.3 is 5.97 Å². The van der Waals surface area contributed by atoms with E-state index in [0.29, 0.717) is 11.5 Å². The molecular formula is C17H18O3. The molecule has 0 aliphatic carbocycles. The molecule has 0 atom stereocenters. The molecule has 0 saturated heterocycles. The van der Waals surface area contributed by atoms with Gasteiger partial charge in [-0.1, -0.05) is 31.5 Å². The fourth-order valence-electron chi connectivity index (χ4n) is 1.93. The van der Waals surface area contributed by atoms with Crippen molar-refractivity contribution < 1.29 is 14.6 Å². The summed E-state index contributed by atoms with van der Waals surface area (Å²) in [6, 6.07) is 14.4. The smallest absolute Gasteiger partial charge is 0.335 e. The van der Waals surface area contributed by atoms with E-state index in [9.17, 15) is 4.79 Å². The molecule has 0 unspecified atom stereocenters. The van der Waals surface area contributed by atoms with Crippen LogP contribution in [-0.4, -0.2) is 11.1 Å². The number of ether oxygens (including phenoxy) is 1. The van der Waals surface area contributed by atoms with Gasteiger partial charge in [-0.2, -0.15) is 0 Å². The maximum absolute atomic E-state index is 10.9. The van der Waals surface area contributed by atoms with Crippen molar-refractivity contribution in [1.29, 1.82) is 0 Å². The molecule has 1 N–H and O–H groups in total. The van der Waals surface area contributed by atoms with Crippen LogP contribution in [0.4, 0.5) is 0 Å². The number of carboxylic acid groups (broad SMARTS) is 1. The van der Waals surface area contributed by atoms with E-state index in [1.54, 1.807) is 18.2 Å². The first-order valence-corrected chi connectivity index (χ1v) is 6.79. The van der Waals surface area contributed by atoms with Crippen LogP contribution in [0.5, 0.6) is 11.5 Å². The summed E-state index contributed by atoms with van der Waals surface area (Å²) in [5.74, 6) is 0.296. The van der Waals surface area contributed by atoms with Gasteiger partial charge in [0.2, 0.25) is 0 Å². The number of aromatic carboxylic acids is 1. The lowest BCUT2D eigenvalue weighted by atomic mass is 10.1. The van der Waals surface area contributed by atoms with E-state index in [2.05, 4.69) is 6.92 Å². The van der Waals surface area contributed by atoms with Crippen molar-refractivity contribution in [2.24, 2.45) is 0 Å². The SMILES string of the molecule is CCCCc1ccc(Oc2cccc(C(=O)O)c2)cc1. The minimum Gasteiger partial charge on any atom is -0.478 e. The number of unbranched alkanes of at least 4 members (excludes halogenated alkanes) is 1. The third-order valence-electron chi connectivity index (χ3n) is 3.06. The Bertz CT molecular complexity index is 573. The Morgan fingerprint density at radius 1 is 1.10 bits per heavy atom. The third kappa shape index (κ3) is 3.85. The Hall–Kier alpha value is -2.29. The van der Waals surface area contributed by atoms with Gasteiger partial charge in [0, 0.05) is 0 Å². The normalized spacial score (nSPS) is 10.2. The summed E-state index contributed by atoms with van der Waals surface area (Å²) < 4.78 is 5.67. The van der Waals surface area contributed by atoms with Crippen LogP contribution in [0.3, 0.4) is 0 Å². The molecule has 20 heavy (non-hydrogen) atoms. The van der Waals surface area contributed by atoms with Gasteiger partial charge in [0.15, 0.2) is 0 Å². The second-order valence-electron chi connectivity index (χ2n) is 4.68. The fraction of sp³-hybridized carbons (Fsp3) is 0.235. The number of benzene rings is 2. The van der Waals surface area contributed by atoms with Gasteiger partial charge in [-0.15, -0.1) is 0 Å². The first-order chi connectivity index (χ1) is 9.69. The Balaban J connectivity index is 2.06. The zero-order valence-corrected chi connectivity index (χ0v) is 11.5. The molecule has 0 aromatic heterocycles. The second kappa shape index (κ2) is 6.75. The standard InChI is InChI=1S/C17H18O3/c1-2-3-5-13-8-10-15(11-9-13)20-16-7-4-6-14(12-16)17(18)19/h4,6-12H,2-3,5H2,1H3,(H,18,19). The molecule has 2 aromatic rings. The van der Waals surface area contributed by atoms with Crippen molar-refractivity contribution in [3.63, 3.8) is 0 Å². The van der Waals surface area contributed by atoms with Crippen LogP contribution in [0, 0.1) is 0 Å². The van der Waals surface area contributed by atoms with E-state index in [1.807, 2.05) is 24.3 Å². The number of rotatable bonds is 6. The van der Waals surface area contributed by atoms with Crippen molar-refractivity contribution in [2.75, 3.05) is 0 Å². The summed E-state index contributed by atoms with van der Waals surface area (Å²) in [5, 5.41) is 8.94. The quantitative estimate of drug-likeness (QED) is 0.839. The highest BCUT2D eigenvalue weighted by Crippen LogP contribution is 2.23. The molecule has 0 saturated carbocycles. The number of carboxylic acids is 1. The zero-order chi connectivity index (χ0) is 14.4. The second-order valence-corrected chi connectivity index (χ2v) is 4.68. The number of hydrogen-bond acceptors (Lipinski definition) is 2. The topological polar surface area (TPSA) is 46.5 Å². The average Bonchev–Trinajstić information content (AvgIpc) is 2.47. The molecule has 0 aliphatic heterocycles. The highest BCUT2D eigenvalue weighted by atomic mass is 16.5. The van der Waals surface area contributed by atoms with Gasteiger partial charge in [0.05, 0.1) is 5.56 Å². The van der Waals surface area contributed by atoms with Crippen molar-refractivity contribution in [2.45, 2.75) is 26.2 Å². The Labute approximate surface area is 118 Å². The van der Waals surface area contributed by atoms with E-state index in [1.165, 1.54) is 24.5 Å². The average molecular weight is 270 g/mol. The summed E-state index contributed by atoms with van der Waals surface area (Å²) in [5.41, 5.74) is 1.51. The molecule has 0 fully saturated rings. The highest BCUT2D eigenvalue weighted by molar-refractivity contribution is 5.88. The van der Waals surface area contributed by atoms with E-state index in [0.717, 1.165) is 6.42 Å². The summed E-state index contributed by atoms with van der Waals surface area (Å²) in [6.07, 6.45) is 3.44. The van der Waals surface area contributed by atoms with Gasteiger partial charge in [-0.3, -0.25) is 0 Å². The van der Waals surface area contributed by atoms with Crippen LogP contribution >= 0.6 is 0 Å². The van der Waals surface area contributed by atoms with E-state index in [4.69, 9.17) is 9.84 Å². The molecule has 2 rings (SSSR count). The number of aryl methyl sites for hydroxylation is 1. The zero-order valence-electron chi connectivity index (χ0n) is 11.5. The monoisotopic (exact) mass is 270 g/mol. The maximum atomic E-state index is 10.9. The molecule has 0 amide bonds. The summed E-state index contributed by atoms with van der Waals surface area (Å²) in [6.45, 7) is 2.17. The molecule has 0 radical (unpaired) electrons. The summed E-state index contributed by atoms with van der Waals surface area (Å²) in [4.78, 5) is 10.9. The predicted octanol–water partition coefficient (Wildman–Crippen LogP) is 4.52. The van der Waals surface area contributed by atoms with Crippen molar-refractivity contribution >= 4 is 5.97 Å². The minimum atomic E-state index is -0.953. The van der Waals surface area contributed by atoms with Gasteiger partial charge in [0.25, 0.3) is 0 Å². The molecule has 0 heterocycles. The molecular weight excluding hydrogens is 252 g/mol. The van der Waals surface area contributed by atoms with Gasteiger partial charge < -0.3 is 9.84 Å². The van der Waals surface area contributed by atoms with E-state index >= 15 is 0 Å². The van der Waals surface area contributed by atoms with Gasteiger partial charge in [-0.05, 0) is 48.7 Å². The van der Waals surface area contributed by atoms with E-state index < -0.39 is 5.97 Å². The molecule has 0 bridgehead atoms. The van der Waals surface area contributed by atoms with Gasteiger partial charge in [0.1, 0.15) is 11.5 Å². The van der Waals surface area contributed by atoms with Crippen molar-refractivity contribution in [3.8, 4) is 11.5 Å². The summed E-state index contributed by atoms with van der Waals surface area (Å²) >= 11 is 0. The largest absolute Gasteiger partial charge is 0.478 e. The lowest BCUT2D eigenvalue weighted by molar-refractivity contribution is 0.0696. The fourth-order valence-corrected chi connectivity index (χ4v) is 1.93. The first kappa shape index (κ1) is 14.1. The Morgan fingerprint density at radius 2 is 1.85 bits per heavy atom. The lowest BCUT2D eigenvalue weighted by Gasteiger charge is -2.07. The first-order valence-electron chi connectivity index (χ1n) is 6.79. The van der Waals surface area contributed by atoms with Crippen LogP contribution in [-0.2, 0) is 6.42 Å². The highest BCUT2D eigenvalue weighted by Gasteiger charge is 2.04. The Kier molecular flexibility index (Phi) is 4.77. The minimum absolute atomic E-state index is 0.224. The van der Waals surface area contributed by atoms with Crippen LogP contribution in [0.25, 0.3) is 0 Å². The molecule has 3 heteroatoms. The van der Waals surface area contributed by atoms with Crippen molar-refractivity contribution in [3.05, 3.63) is 59.7 Å². The van der Waals surface area contributed by atoms with Gasteiger partial charge in [-0.25, -0.2) is 4.79 Å². The van der Waals surface area contributed by atoms with Crippen LogP contribution < -0.4 is 4.74 Å². The van der Waals surface area contributed by atoms with Crippen LogP contribution in [0.2, 0.25) is 0 Å². The Morgan fingerprint density at radius 3 is 2.50 bits per heavy atom. The molecule has 0 aliphatic rings. The number of carbonyl (C=O) groups is 1. The molecule has 2 aromatic carbocycles. The molecule has 3 nitrogen and oxygen atoms in total. The molecule has 0 spiro atoms.